The lowest BCUT2D eigenvalue weighted by atomic mass is 9.92. The monoisotopic (exact) mass is 180 g/mol. The third kappa shape index (κ3) is 3.05. The minimum absolute atomic E-state index is 0.438. The molecule has 1 N–H and O–H groups in total. The van der Waals surface area contributed by atoms with Crippen LogP contribution in [0.15, 0.2) is 23.8 Å². The molecule has 0 fully saturated rings. The predicted octanol–water partition coefficient (Wildman–Crippen LogP) is 2.76. The van der Waals surface area contributed by atoms with E-state index in [1.165, 1.54) is 19.3 Å². The van der Waals surface area contributed by atoms with Gasteiger partial charge in [-0.25, -0.2) is 4.79 Å². The summed E-state index contributed by atoms with van der Waals surface area (Å²) < 4.78 is 0. The van der Waals surface area contributed by atoms with E-state index in [2.05, 4.69) is 6.92 Å². The van der Waals surface area contributed by atoms with Gasteiger partial charge in [0.2, 0.25) is 0 Å². The molecule has 0 aromatic rings. The van der Waals surface area contributed by atoms with Crippen LogP contribution in [0.5, 0.6) is 0 Å². The van der Waals surface area contributed by atoms with E-state index in [9.17, 15) is 4.79 Å². The van der Waals surface area contributed by atoms with Gasteiger partial charge < -0.3 is 5.11 Å². The Bertz CT molecular complexity index is 238. The Labute approximate surface area is 79.0 Å². The smallest absolute Gasteiger partial charge is 0.335 e. The molecular weight excluding hydrogens is 164 g/mol. The minimum Gasteiger partial charge on any atom is -0.478 e. The van der Waals surface area contributed by atoms with Crippen LogP contribution in [-0.2, 0) is 4.79 Å². The lowest BCUT2D eigenvalue weighted by molar-refractivity contribution is -0.132. The van der Waals surface area contributed by atoms with E-state index < -0.39 is 5.97 Å². The molecule has 1 atom stereocenters. The van der Waals surface area contributed by atoms with E-state index in [0.29, 0.717) is 11.5 Å². The molecule has 0 spiro atoms. The van der Waals surface area contributed by atoms with Crippen molar-refractivity contribution >= 4 is 5.97 Å². The molecule has 1 aliphatic rings. The number of carboxylic acids is 1. The van der Waals surface area contributed by atoms with E-state index >= 15 is 0 Å². The van der Waals surface area contributed by atoms with Gasteiger partial charge in [-0.05, 0) is 18.8 Å². The van der Waals surface area contributed by atoms with E-state index in [0.717, 1.165) is 6.42 Å². The summed E-state index contributed by atoms with van der Waals surface area (Å²) in [5.74, 6) is -0.256. The zero-order chi connectivity index (χ0) is 9.68. The zero-order valence-electron chi connectivity index (χ0n) is 7.99. The summed E-state index contributed by atoms with van der Waals surface area (Å²) in [6.45, 7) is 2.17. The predicted molar refractivity (Wildman–Crippen MR) is 52.5 cm³/mol. The molecule has 0 heterocycles. The molecule has 0 radical (unpaired) electrons. The van der Waals surface area contributed by atoms with E-state index in [1.54, 1.807) is 6.08 Å². The van der Waals surface area contributed by atoms with E-state index in [1.807, 2.05) is 12.2 Å². The van der Waals surface area contributed by atoms with Crippen LogP contribution in [0.2, 0.25) is 0 Å². The van der Waals surface area contributed by atoms with Gasteiger partial charge in [0, 0.05) is 0 Å². The SMILES string of the molecule is CCCCC1C=CC(C(=O)O)=CC1. The van der Waals surface area contributed by atoms with Crippen LogP contribution in [0, 0.1) is 5.92 Å². The highest BCUT2D eigenvalue weighted by atomic mass is 16.4. The van der Waals surface area contributed by atoms with Crippen LogP contribution in [0.1, 0.15) is 32.6 Å². The normalized spacial score (nSPS) is 21.3. The van der Waals surface area contributed by atoms with E-state index in [4.69, 9.17) is 5.11 Å². The number of hydrogen-bond donors (Lipinski definition) is 1. The molecule has 13 heavy (non-hydrogen) atoms. The summed E-state index contributed by atoms with van der Waals surface area (Å²) in [4.78, 5) is 10.6. The van der Waals surface area contributed by atoms with Crippen LogP contribution >= 0.6 is 0 Å². The average molecular weight is 180 g/mol. The van der Waals surface area contributed by atoms with Crippen LogP contribution < -0.4 is 0 Å². The summed E-state index contributed by atoms with van der Waals surface area (Å²) in [5.41, 5.74) is 0.438. The van der Waals surface area contributed by atoms with Crippen molar-refractivity contribution in [3.8, 4) is 0 Å². The number of allylic oxidation sites excluding steroid dienone is 2. The summed E-state index contributed by atoms with van der Waals surface area (Å²) in [6, 6.07) is 0. The molecule has 0 amide bonds. The second kappa shape index (κ2) is 4.85. The van der Waals surface area contributed by atoms with Gasteiger partial charge in [-0.1, -0.05) is 38.0 Å². The van der Waals surface area contributed by atoms with Crippen molar-refractivity contribution < 1.29 is 9.90 Å². The summed E-state index contributed by atoms with van der Waals surface area (Å²) in [5, 5.41) is 8.68. The van der Waals surface area contributed by atoms with Gasteiger partial charge in [0.05, 0.1) is 5.57 Å². The third-order valence-electron chi connectivity index (χ3n) is 2.36. The maximum Gasteiger partial charge on any atom is 0.335 e. The Morgan fingerprint density at radius 2 is 2.46 bits per heavy atom. The Balaban J connectivity index is 2.39. The Kier molecular flexibility index (Phi) is 3.74. The lowest BCUT2D eigenvalue weighted by Gasteiger charge is -2.13. The first kappa shape index (κ1) is 10.0. The molecule has 1 unspecified atom stereocenters. The largest absolute Gasteiger partial charge is 0.478 e. The standard InChI is InChI=1S/C11H16O2/c1-2-3-4-9-5-7-10(8-6-9)11(12)13/h5,7-9H,2-4,6H2,1H3,(H,12,13). The Morgan fingerprint density at radius 1 is 1.69 bits per heavy atom. The van der Waals surface area contributed by atoms with Gasteiger partial charge in [-0.3, -0.25) is 0 Å². The van der Waals surface area contributed by atoms with Crippen molar-refractivity contribution in [3.63, 3.8) is 0 Å². The molecule has 72 valence electrons. The van der Waals surface area contributed by atoms with Crippen molar-refractivity contribution in [1.29, 1.82) is 0 Å². The first-order valence-corrected chi connectivity index (χ1v) is 4.85. The average Bonchev–Trinajstić information content (AvgIpc) is 2.15. The zero-order valence-corrected chi connectivity index (χ0v) is 7.99. The summed E-state index contributed by atoms with van der Waals surface area (Å²) in [6.07, 6.45) is 10.1. The van der Waals surface area contributed by atoms with Crippen molar-refractivity contribution in [3.05, 3.63) is 23.8 Å². The molecule has 0 aromatic carbocycles. The van der Waals surface area contributed by atoms with Crippen LogP contribution in [0.25, 0.3) is 0 Å². The molecule has 1 aliphatic carbocycles. The van der Waals surface area contributed by atoms with E-state index in [-0.39, 0.29) is 0 Å². The highest BCUT2D eigenvalue weighted by molar-refractivity contribution is 5.90. The van der Waals surface area contributed by atoms with Crippen molar-refractivity contribution in [2.24, 2.45) is 5.92 Å². The maximum absolute atomic E-state index is 10.6. The topological polar surface area (TPSA) is 37.3 Å². The second-order valence-corrected chi connectivity index (χ2v) is 3.46. The van der Waals surface area contributed by atoms with Crippen LogP contribution in [0.4, 0.5) is 0 Å². The number of unbranched alkanes of at least 4 members (excludes halogenated alkanes) is 1. The number of hydrogen-bond acceptors (Lipinski definition) is 1. The number of aliphatic carboxylic acids is 1. The highest BCUT2D eigenvalue weighted by Gasteiger charge is 2.11. The molecule has 0 bridgehead atoms. The number of carboxylic acid groups (broad SMARTS) is 1. The van der Waals surface area contributed by atoms with Crippen molar-refractivity contribution in [2.45, 2.75) is 32.6 Å². The molecule has 2 heteroatoms. The first-order chi connectivity index (χ1) is 6.24. The molecule has 0 saturated heterocycles. The third-order valence-corrected chi connectivity index (χ3v) is 2.36. The van der Waals surface area contributed by atoms with Gasteiger partial charge in [0.1, 0.15) is 0 Å². The molecule has 0 aromatic heterocycles. The fourth-order valence-electron chi connectivity index (χ4n) is 1.50. The minimum atomic E-state index is -0.815. The van der Waals surface area contributed by atoms with Gasteiger partial charge in [-0.2, -0.15) is 0 Å². The summed E-state index contributed by atoms with van der Waals surface area (Å²) >= 11 is 0. The Morgan fingerprint density at radius 3 is 2.92 bits per heavy atom. The maximum atomic E-state index is 10.6. The molecule has 1 rings (SSSR count). The quantitative estimate of drug-likeness (QED) is 0.722. The molecule has 0 saturated carbocycles. The van der Waals surface area contributed by atoms with Gasteiger partial charge in [0.25, 0.3) is 0 Å². The second-order valence-electron chi connectivity index (χ2n) is 3.46. The fraction of sp³-hybridized carbons (Fsp3) is 0.545. The van der Waals surface area contributed by atoms with Gasteiger partial charge in [-0.15, -0.1) is 0 Å². The fourth-order valence-corrected chi connectivity index (χ4v) is 1.50. The summed E-state index contributed by atoms with van der Waals surface area (Å²) in [7, 11) is 0. The molecule has 0 aliphatic heterocycles. The van der Waals surface area contributed by atoms with Crippen LogP contribution in [0.3, 0.4) is 0 Å². The highest BCUT2D eigenvalue weighted by Crippen LogP contribution is 2.21. The lowest BCUT2D eigenvalue weighted by Crippen LogP contribution is -2.05. The van der Waals surface area contributed by atoms with Crippen molar-refractivity contribution in [1.82, 2.24) is 0 Å². The first-order valence-electron chi connectivity index (χ1n) is 4.85. The molecular formula is C11H16O2. The van der Waals surface area contributed by atoms with Gasteiger partial charge in [0.15, 0.2) is 0 Å². The molecule has 2 nitrogen and oxygen atoms in total. The Hall–Kier alpha value is -1.05. The van der Waals surface area contributed by atoms with Gasteiger partial charge >= 0.3 is 5.97 Å². The van der Waals surface area contributed by atoms with Crippen molar-refractivity contribution in [2.75, 3.05) is 0 Å². The number of rotatable bonds is 4. The van der Waals surface area contributed by atoms with Crippen LogP contribution in [-0.4, -0.2) is 11.1 Å². The number of carbonyl (C=O) groups is 1.